The molecule has 1 aliphatic heterocycles. The Morgan fingerprint density at radius 2 is 1.80 bits per heavy atom. The molecule has 2 aromatic rings. The molecule has 8 heteroatoms. The van der Waals surface area contributed by atoms with Gasteiger partial charge in [0.25, 0.3) is 11.7 Å². The molecule has 0 radical (unpaired) electrons. The van der Waals surface area contributed by atoms with Crippen LogP contribution in [0.15, 0.2) is 42.0 Å². The number of methoxy groups -OCH3 is 3. The van der Waals surface area contributed by atoms with Gasteiger partial charge in [-0.1, -0.05) is 19.1 Å². The van der Waals surface area contributed by atoms with Crippen LogP contribution in [0.3, 0.4) is 0 Å². The first-order chi connectivity index (χ1) is 16.9. The molecule has 35 heavy (non-hydrogen) atoms. The molecule has 0 aliphatic carbocycles. The quantitative estimate of drug-likeness (QED) is 0.221. The summed E-state index contributed by atoms with van der Waals surface area (Å²) in [4.78, 5) is 27.8. The summed E-state index contributed by atoms with van der Waals surface area (Å²) in [7, 11) is 4.59. The molecule has 0 saturated carbocycles. The van der Waals surface area contributed by atoms with Crippen molar-refractivity contribution in [1.29, 1.82) is 0 Å². The van der Waals surface area contributed by atoms with Crippen LogP contribution < -0.4 is 14.2 Å². The van der Waals surface area contributed by atoms with E-state index in [0.717, 1.165) is 12.0 Å². The maximum atomic E-state index is 13.3. The van der Waals surface area contributed by atoms with E-state index in [2.05, 4.69) is 0 Å². The van der Waals surface area contributed by atoms with Crippen LogP contribution in [0.25, 0.3) is 5.76 Å². The number of ether oxygens (including phenoxy) is 4. The molecule has 188 valence electrons. The Hall–Kier alpha value is -3.52. The lowest BCUT2D eigenvalue weighted by atomic mass is 9.94. The summed E-state index contributed by atoms with van der Waals surface area (Å²) in [5, 5.41) is 11.4. The van der Waals surface area contributed by atoms with Crippen LogP contribution in [0.5, 0.6) is 17.2 Å². The van der Waals surface area contributed by atoms with Crippen molar-refractivity contribution in [2.75, 3.05) is 41.1 Å². The molecular formula is C27H33NO7. The second-order valence-corrected chi connectivity index (χ2v) is 8.25. The number of aryl methyl sites for hydroxylation is 1. The Bertz CT molecular complexity index is 1110. The van der Waals surface area contributed by atoms with Gasteiger partial charge in [0, 0.05) is 31.4 Å². The predicted molar refractivity (Wildman–Crippen MR) is 132 cm³/mol. The second kappa shape index (κ2) is 11.8. The molecule has 8 nitrogen and oxygen atoms in total. The Morgan fingerprint density at radius 3 is 2.43 bits per heavy atom. The number of likely N-dealkylation sites (tertiary alicyclic amines) is 1. The van der Waals surface area contributed by atoms with Crippen molar-refractivity contribution in [2.24, 2.45) is 0 Å². The van der Waals surface area contributed by atoms with Gasteiger partial charge in [-0.3, -0.25) is 9.59 Å². The number of amides is 1. The third-order valence-corrected chi connectivity index (χ3v) is 5.93. The van der Waals surface area contributed by atoms with E-state index < -0.39 is 17.7 Å². The highest BCUT2D eigenvalue weighted by Crippen LogP contribution is 2.45. The number of nitrogens with zero attached hydrogens (tertiary/aromatic N) is 1. The van der Waals surface area contributed by atoms with Crippen molar-refractivity contribution in [3.8, 4) is 17.2 Å². The number of aliphatic hydroxyl groups excluding tert-OH is 1. The van der Waals surface area contributed by atoms with Gasteiger partial charge in [0.1, 0.15) is 11.5 Å². The summed E-state index contributed by atoms with van der Waals surface area (Å²) in [5.74, 6) is -0.132. The lowest BCUT2D eigenvalue weighted by Gasteiger charge is -2.27. The normalized spacial score (nSPS) is 17.1. The molecule has 1 heterocycles. The largest absolute Gasteiger partial charge is 0.507 e. The predicted octanol–water partition coefficient (Wildman–Crippen LogP) is 4.26. The van der Waals surface area contributed by atoms with Crippen molar-refractivity contribution in [1.82, 2.24) is 4.90 Å². The number of carbonyl (C=O) groups excluding carboxylic acids is 2. The van der Waals surface area contributed by atoms with Crippen molar-refractivity contribution in [2.45, 2.75) is 32.7 Å². The van der Waals surface area contributed by atoms with Gasteiger partial charge in [-0.2, -0.15) is 0 Å². The number of Topliss-reactive ketones (excluding diaryl/α,β-unsaturated/α-hetero) is 1. The van der Waals surface area contributed by atoms with E-state index in [4.69, 9.17) is 18.9 Å². The second-order valence-electron chi connectivity index (χ2n) is 8.25. The minimum Gasteiger partial charge on any atom is -0.507 e. The van der Waals surface area contributed by atoms with Crippen LogP contribution in [0.2, 0.25) is 0 Å². The SMILES string of the molecule is CCCOc1ccc(/C(O)=C2\C(=O)C(=O)N(CCCOC)C2c2cccc(OC)c2OC)cc1C. The summed E-state index contributed by atoms with van der Waals surface area (Å²) in [6.45, 7) is 5.16. The number of hydrogen-bond acceptors (Lipinski definition) is 7. The van der Waals surface area contributed by atoms with E-state index in [1.165, 1.54) is 19.1 Å². The molecule has 0 spiro atoms. The number of benzene rings is 2. The van der Waals surface area contributed by atoms with E-state index in [1.54, 1.807) is 43.5 Å². The van der Waals surface area contributed by atoms with Gasteiger partial charge in [0.05, 0.1) is 32.4 Å². The monoisotopic (exact) mass is 483 g/mol. The van der Waals surface area contributed by atoms with Gasteiger partial charge in [0.15, 0.2) is 11.5 Å². The van der Waals surface area contributed by atoms with Crippen LogP contribution in [0.4, 0.5) is 0 Å². The molecule has 1 amide bonds. The van der Waals surface area contributed by atoms with Gasteiger partial charge in [-0.05, 0) is 49.6 Å². The third kappa shape index (κ3) is 5.27. The number of hydrogen-bond donors (Lipinski definition) is 1. The Morgan fingerprint density at radius 1 is 1.03 bits per heavy atom. The minimum atomic E-state index is -0.853. The molecule has 1 saturated heterocycles. The smallest absolute Gasteiger partial charge is 0.295 e. The van der Waals surface area contributed by atoms with Crippen molar-refractivity contribution < 1.29 is 33.6 Å². The molecule has 1 atom stereocenters. The average molecular weight is 484 g/mol. The number of ketones is 1. The number of para-hydroxylation sites is 1. The van der Waals surface area contributed by atoms with Crippen LogP contribution in [-0.4, -0.2) is 62.8 Å². The van der Waals surface area contributed by atoms with Crippen LogP contribution in [0.1, 0.15) is 42.5 Å². The van der Waals surface area contributed by atoms with Crippen molar-refractivity contribution in [3.63, 3.8) is 0 Å². The number of carbonyl (C=O) groups is 2. The highest BCUT2D eigenvalue weighted by molar-refractivity contribution is 6.46. The maximum Gasteiger partial charge on any atom is 0.295 e. The summed E-state index contributed by atoms with van der Waals surface area (Å²) >= 11 is 0. The first-order valence-electron chi connectivity index (χ1n) is 11.6. The van der Waals surface area contributed by atoms with Crippen LogP contribution in [0, 0.1) is 6.92 Å². The standard InChI is InChI=1S/C27H33NO7/c1-6-14-35-20-12-11-18(16-17(20)2)24(29)22-23(19-9-7-10-21(33-4)26(19)34-5)28(13-8-15-32-3)27(31)25(22)30/h7,9-12,16,23,29H,6,8,13-15H2,1-5H3/b24-22+. The first kappa shape index (κ1) is 26.1. The molecule has 0 bridgehead atoms. The lowest BCUT2D eigenvalue weighted by molar-refractivity contribution is -0.140. The number of aliphatic hydroxyl groups is 1. The number of rotatable bonds is 11. The first-order valence-corrected chi connectivity index (χ1v) is 11.6. The van der Waals surface area contributed by atoms with Crippen molar-refractivity contribution >= 4 is 17.4 Å². The highest BCUT2D eigenvalue weighted by atomic mass is 16.5. The molecule has 1 unspecified atom stereocenters. The van der Waals surface area contributed by atoms with Gasteiger partial charge >= 0.3 is 0 Å². The highest BCUT2D eigenvalue weighted by Gasteiger charge is 2.47. The van der Waals surface area contributed by atoms with Gasteiger partial charge in [0.2, 0.25) is 0 Å². The lowest BCUT2D eigenvalue weighted by Crippen LogP contribution is -2.31. The maximum absolute atomic E-state index is 13.3. The van der Waals surface area contributed by atoms with Gasteiger partial charge in [-0.15, -0.1) is 0 Å². The molecular weight excluding hydrogens is 450 g/mol. The fourth-order valence-electron chi connectivity index (χ4n) is 4.27. The zero-order valence-electron chi connectivity index (χ0n) is 20.9. The molecule has 1 aliphatic rings. The fraction of sp³-hybridized carbons (Fsp3) is 0.407. The summed E-state index contributed by atoms with van der Waals surface area (Å²) < 4.78 is 21.9. The molecule has 3 rings (SSSR count). The molecule has 1 fully saturated rings. The van der Waals surface area contributed by atoms with Crippen LogP contribution in [-0.2, 0) is 14.3 Å². The van der Waals surface area contributed by atoms with Gasteiger partial charge in [-0.25, -0.2) is 0 Å². The Kier molecular flexibility index (Phi) is 8.76. The molecule has 1 N–H and O–H groups in total. The Balaban J connectivity index is 2.17. The average Bonchev–Trinajstić information content (AvgIpc) is 3.11. The molecule has 0 aromatic heterocycles. The van der Waals surface area contributed by atoms with E-state index in [1.807, 2.05) is 13.8 Å². The van der Waals surface area contributed by atoms with E-state index in [9.17, 15) is 14.7 Å². The molecule has 2 aromatic carbocycles. The zero-order chi connectivity index (χ0) is 25.5. The summed E-state index contributed by atoms with van der Waals surface area (Å²) in [6.07, 6.45) is 1.39. The van der Waals surface area contributed by atoms with Crippen LogP contribution >= 0.6 is 0 Å². The van der Waals surface area contributed by atoms with E-state index in [-0.39, 0.29) is 17.9 Å². The van der Waals surface area contributed by atoms with E-state index in [0.29, 0.717) is 48.0 Å². The topological polar surface area (TPSA) is 94.5 Å². The van der Waals surface area contributed by atoms with E-state index >= 15 is 0 Å². The van der Waals surface area contributed by atoms with Gasteiger partial charge < -0.3 is 29.0 Å². The third-order valence-electron chi connectivity index (χ3n) is 5.93. The van der Waals surface area contributed by atoms with Crippen molar-refractivity contribution in [3.05, 3.63) is 58.7 Å². The Labute approximate surface area is 206 Å². The minimum absolute atomic E-state index is 0.000552. The fourth-order valence-corrected chi connectivity index (χ4v) is 4.27. The zero-order valence-corrected chi connectivity index (χ0v) is 20.9. The summed E-state index contributed by atoms with van der Waals surface area (Å²) in [6, 6.07) is 9.60. The summed E-state index contributed by atoms with van der Waals surface area (Å²) in [5.41, 5.74) is 1.78.